The first-order chi connectivity index (χ1) is 12.4. The lowest BCUT2D eigenvalue weighted by Crippen LogP contribution is -2.16. The van der Waals surface area contributed by atoms with Gasteiger partial charge in [-0.05, 0) is 45.0 Å². The van der Waals surface area contributed by atoms with E-state index in [-0.39, 0.29) is 6.73 Å². The van der Waals surface area contributed by atoms with Crippen LogP contribution in [-0.2, 0) is 9.53 Å². The summed E-state index contributed by atoms with van der Waals surface area (Å²) in [4.78, 5) is 11.5. The van der Waals surface area contributed by atoms with Crippen LogP contribution in [0.5, 0.6) is 0 Å². The number of para-hydroxylation sites is 1. The predicted octanol–water partition coefficient (Wildman–Crippen LogP) is 4.34. The molecule has 0 fully saturated rings. The molecule has 0 aliphatic heterocycles. The highest BCUT2D eigenvalue weighted by atomic mass is 16.5. The second-order valence-electron chi connectivity index (χ2n) is 6.13. The fourth-order valence-corrected chi connectivity index (χ4v) is 2.39. The third-order valence-electron chi connectivity index (χ3n) is 3.81. The van der Waals surface area contributed by atoms with Crippen molar-refractivity contribution in [2.24, 2.45) is 5.10 Å². The third kappa shape index (κ3) is 5.21. The van der Waals surface area contributed by atoms with E-state index in [4.69, 9.17) is 4.74 Å². The van der Waals surface area contributed by atoms with Gasteiger partial charge >= 0.3 is 5.97 Å². The zero-order valence-electron chi connectivity index (χ0n) is 15.7. The van der Waals surface area contributed by atoms with Gasteiger partial charge in [0, 0.05) is 23.9 Å². The summed E-state index contributed by atoms with van der Waals surface area (Å²) in [6.45, 7) is 9.25. The zero-order valence-corrected chi connectivity index (χ0v) is 15.7. The summed E-state index contributed by atoms with van der Waals surface area (Å²) in [5.41, 5.74) is 5.17. The molecule has 5 heteroatoms. The Morgan fingerprint density at radius 2 is 1.88 bits per heavy atom. The molecule has 0 heterocycles. The molecule has 0 spiro atoms. The number of carbonyl (C=O) groups excluding carboxylic acids is 1. The summed E-state index contributed by atoms with van der Waals surface area (Å²) in [6, 6.07) is 16.0. The van der Waals surface area contributed by atoms with Crippen molar-refractivity contribution in [1.82, 2.24) is 0 Å². The smallest absolute Gasteiger partial charge is 0.334 e. The molecule has 0 atom stereocenters. The number of hydrogen-bond donors (Lipinski definition) is 1. The van der Waals surface area contributed by atoms with Crippen LogP contribution in [0.15, 0.2) is 65.8 Å². The maximum Gasteiger partial charge on any atom is 0.334 e. The van der Waals surface area contributed by atoms with Crippen LogP contribution in [0.3, 0.4) is 0 Å². The standard InChI is InChI=1S/C21H25N3O2/c1-15(2)21(25)26-14-22-20-12-11-16(3)13-19(20)17(4)23-24(5)18-9-7-6-8-10-18/h6-13,22H,1,14H2,2-5H3/b23-17+. The molecule has 2 rings (SSSR count). The molecule has 26 heavy (non-hydrogen) atoms. The summed E-state index contributed by atoms with van der Waals surface area (Å²) >= 11 is 0. The van der Waals surface area contributed by atoms with Gasteiger partial charge in [0.2, 0.25) is 0 Å². The van der Waals surface area contributed by atoms with Crippen molar-refractivity contribution in [1.29, 1.82) is 0 Å². The number of aryl methyl sites for hydroxylation is 1. The Balaban J connectivity index is 2.19. The molecular formula is C21H25N3O2. The van der Waals surface area contributed by atoms with Crippen LogP contribution in [0.4, 0.5) is 11.4 Å². The highest BCUT2D eigenvalue weighted by Gasteiger charge is 2.09. The second kappa shape index (κ2) is 8.85. The number of carbonyl (C=O) groups is 1. The van der Waals surface area contributed by atoms with Crippen LogP contribution < -0.4 is 10.3 Å². The summed E-state index contributed by atoms with van der Waals surface area (Å²) in [7, 11) is 1.91. The average molecular weight is 351 g/mol. The van der Waals surface area contributed by atoms with Gasteiger partial charge in [-0.25, -0.2) is 4.79 Å². The maximum atomic E-state index is 11.5. The van der Waals surface area contributed by atoms with Crippen molar-refractivity contribution in [3.8, 4) is 0 Å². The highest BCUT2D eigenvalue weighted by Crippen LogP contribution is 2.20. The van der Waals surface area contributed by atoms with E-state index >= 15 is 0 Å². The van der Waals surface area contributed by atoms with Gasteiger partial charge in [-0.1, -0.05) is 36.4 Å². The number of benzene rings is 2. The Morgan fingerprint density at radius 3 is 2.54 bits per heavy atom. The molecule has 0 aliphatic carbocycles. The number of ether oxygens (including phenoxy) is 1. The molecule has 0 aromatic heterocycles. The van der Waals surface area contributed by atoms with Crippen molar-refractivity contribution in [2.75, 3.05) is 24.1 Å². The van der Waals surface area contributed by atoms with E-state index in [1.54, 1.807) is 6.92 Å². The normalized spacial score (nSPS) is 11.0. The predicted molar refractivity (Wildman–Crippen MR) is 108 cm³/mol. The van der Waals surface area contributed by atoms with Crippen molar-refractivity contribution < 1.29 is 9.53 Å². The van der Waals surface area contributed by atoms with Crippen molar-refractivity contribution >= 4 is 23.1 Å². The lowest BCUT2D eigenvalue weighted by Gasteiger charge is -2.17. The Labute approximate surface area is 155 Å². The van der Waals surface area contributed by atoms with Crippen LogP contribution in [0, 0.1) is 6.92 Å². The largest absolute Gasteiger partial charge is 0.441 e. The third-order valence-corrected chi connectivity index (χ3v) is 3.81. The van der Waals surface area contributed by atoms with Gasteiger partial charge in [-0.15, -0.1) is 0 Å². The first kappa shape index (κ1) is 19.2. The van der Waals surface area contributed by atoms with E-state index < -0.39 is 5.97 Å². The quantitative estimate of drug-likeness (QED) is 0.265. The molecule has 0 unspecified atom stereocenters. The molecule has 0 bridgehead atoms. The summed E-state index contributed by atoms with van der Waals surface area (Å²) in [5.74, 6) is -0.416. The maximum absolute atomic E-state index is 11.5. The molecule has 136 valence electrons. The number of rotatable bonds is 7. The van der Waals surface area contributed by atoms with E-state index in [1.807, 2.05) is 68.4 Å². The molecule has 0 saturated carbocycles. The number of hydrogen-bond acceptors (Lipinski definition) is 5. The molecule has 5 nitrogen and oxygen atoms in total. The van der Waals surface area contributed by atoms with E-state index in [9.17, 15) is 4.79 Å². The van der Waals surface area contributed by atoms with Crippen LogP contribution in [0.2, 0.25) is 0 Å². The zero-order chi connectivity index (χ0) is 19.1. The topological polar surface area (TPSA) is 53.9 Å². The molecule has 2 aromatic rings. The minimum Gasteiger partial charge on any atom is -0.441 e. The van der Waals surface area contributed by atoms with Gasteiger partial charge in [0.25, 0.3) is 0 Å². The Bertz CT molecular complexity index is 813. The van der Waals surface area contributed by atoms with Gasteiger partial charge in [0.05, 0.1) is 11.4 Å². The molecular weight excluding hydrogens is 326 g/mol. The van der Waals surface area contributed by atoms with Crippen LogP contribution in [0.1, 0.15) is 25.0 Å². The van der Waals surface area contributed by atoms with Crippen molar-refractivity contribution in [3.05, 3.63) is 71.8 Å². The number of hydrazone groups is 1. The Morgan fingerprint density at radius 1 is 1.19 bits per heavy atom. The lowest BCUT2D eigenvalue weighted by atomic mass is 10.1. The van der Waals surface area contributed by atoms with Crippen molar-refractivity contribution in [3.63, 3.8) is 0 Å². The van der Waals surface area contributed by atoms with Gasteiger partial charge in [0.15, 0.2) is 6.73 Å². The second-order valence-corrected chi connectivity index (χ2v) is 6.13. The molecule has 0 saturated heterocycles. The highest BCUT2D eigenvalue weighted by molar-refractivity contribution is 6.04. The van der Waals surface area contributed by atoms with Gasteiger partial charge in [-0.3, -0.25) is 5.01 Å². The van der Waals surface area contributed by atoms with E-state index in [2.05, 4.69) is 23.1 Å². The number of nitrogens with one attached hydrogen (secondary N) is 1. The lowest BCUT2D eigenvalue weighted by molar-refractivity contribution is -0.138. The monoisotopic (exact) mass is 351 g/mol. The van der Waals surface area contributed by atoms with E-state index in [0.717, 1.165) is 28.2 Å². The average Bonchev–Trinajstić information content (AvgIpc) is 2.63. The number of nitrogens with zero attached hydrogens (tertiary/aromatic N) is 2. The number of anilines is 2. The SMILES string of the molecule is C=C(C)C(=O)OCNc1ccc(C)cc1/C(C)=N/N(C)c1ccccc1. The van der Waals surface area contributed by atoms with Gasteiger partial charge < -0.3 is 10.1 Å². The Hall–Kier alpha value is -3.08. The Kier molecular flexibility index (Phi) is 6.55. The van der Waals surface area contributed by atoms with Crippen LogP contribution >= 0.6 is 0 Å². The first-order valence-electron chi connectivity index (χ1n) is 8.40. The summed E-state index contributed by atoms with van der Waals surface area (Å²) in [5, 5.41) is 9.65. The molecule has 2 aromatic carbocycles. The first-order valence-corrected chi connectivity index (χ1v) is 8.40. The summed E-state index contributed by atoms with van der Waals surface area (Å²) in [6.07, 6.45) is 0. The number of esters is 1. The van der Waals surface area contributed by atoms with E-state index in [0.29, 0.717) is 5.57 Å². The fourth-order valence-electron chi connectivity index (χ4n) is 2.39. The minimum atomic E-state index is -0.416. The molecule has 1 N–H and O–H groups in total. The summed E-state index contributed by atoms with van der Waals surface area (Å²) < 4.78 is 5.12. The minimum absolute atomic E-state index is 0.0730. The van der Waals surface area contributed by atoms with Crippen LogP contribution in [-0.4, -0.2) is 25.5 Å². The van der Waals surface area contributed by atoms with Crippen molar-refractivity contribution in [2.45, 2.75) is 20.8 Å². The van der Waals surface area contributed by atoms with Gasteiger partial charge in [0.1, 0.15) is 0 Å². The molecule has 0 radical (unpaired) electrons. The fraction of sp³-hybridized carbons (Fsp3) is 0.238. The van der Waals surface area contributed by atoms with Crippen LogP contribution in [0.25, 0.3) is 0 Å². The molecule has 0 amide bonds. The van der Waals surface area contributed by atoms with E-state index in [1.165, 1.54) is 0 Å². The van der Waals surface area contributed by atoms with Gasteiger partial charge in [-0.2, -0.15) is 5.10 Å². The molecule has 0 aliphatic rings.